The minimum atomic E-state index is -0.722. The van der Waals surface area contributed by atoms with Crippen LogP contribution in [0.2, 0.25) is 0 Å². The highest BCUT2D eigenvalue weighted by molar-refractivity contribution is 5.79. The Morgan fingerprint density at radius 3 is 2.67 bits per heavy atom. The van der Waals surface area contributed by atoms with Crippen LogP contribution >= 0.6 is 0 Å². The first kappa shape index (κ1) is 15.9. The Labute approximate surface area is 123 Å². The van der Waals surface area contributed by atoms with Gasteiger partial charge in [-0.05, 0) is 30.9 Å². The van der Waals surface area contributed by atoms with Crippen LogP contribution in [0.25, 0.3) is 0 Å². The lowest BCUT2D eigenvalue weighted by atomic mass is 9.76. The van der Waals surface area contributed by atoms with Gasteiger partial charge in [0.15, 0.2) is 0 Å². The first-order valence-electron chi connectivity index (χ1n) is 7.30. The predicted octanol–water partition coefficient (Wildman–Crippen LogP) is 2.56. The van der Waals surface area contributed by atoms with Gasteiger partial charge in [0.2, 0.25) is 5.91 Å². The van der Waals surface area contributed by atoms with E-state index in [-0.39, 0.29) is 18.6 Å². The van der Waals surface area contributed by atoms with Crippen LogP contribution in [-0.4, -0.2) is 23.2 Å². The Morgan fingerprint density at radius 1 is 1.43 bits per heavy atom. The molecule has 1 aliphatic rings. The van der Waals surface area contributed by atoms with Gasteiger partial charge >= 0.3 is 0 Å². The fourth-order valence-corrected chi connectivity index (χ4v) is 3.16. The lowest BCUT2D eigenvalue weighted by Crippen LogP contribution is -2.54. The molecule has 2 N–H and O–H groups in total. The van der Waals surface area contributed by atoms with Gasteiger partial charge in [-0.15, -0.1) is 0 Å². The summed E-state index contributed by atoms with van der Waals surface area (Å²) < 4.78 is 27.1. The van der Waals surface area contributed by atoms with E-state index in [1.165, 1.54) is 6.07 Å². The topological polar surface area (TPSA) is 49.3 Å². The average Bonchev–Trinajstić information content (AvgIpc) is 2.43. The molecule has 1 fully saturated rings. The van der Waals surface area contributed by atoms with Crippen LogP contribution in [0.3, 0.4) is 0 Å². The molecule has 1 aliphatic carbocycles. The van der Waals surface area contributed by atoms with Crippen molar-refractivity contribution < 1.29 is 18.7 Å². The largest absolute Gasteiger partial charge is 0.394 e. The van der Waals surface area contributed by atoms with Crippen molar-refractivity contribution in [3.05, 3.63) is 35.4 Å². The van der Waals surface area contributed by atoms with Crippen LogP contribution in [0.15, 0.2) is 18.2 Å². The summed E-state index contributed by atoms with van der Waals surface area (Å²) in [6.45, 7) is 1.93. The molecule has 0 radical (unpaired) electrons. The number of amides is 1. The lowest BCUT2D eigenvalue weighted by molar-refractivity contribution is -0.123. The number of carbonyl (C=O) groups is 1. The van der Waals surface area contributed by atoms with Crippen LogP contribution in [-0.2, 0) is 11.2 Å². The highest BCUT2D eigenvalue weighted by atomic mass is 19.1. The van der Waals surface area contributed by atoms with Gasteiger partial charge in [0.05, 0.1) is 18.6 Å². The van der Waals surface area contributed by atoms with Gasteiger partial charge in [0.1, 0.15) is 11.6 Å². The van der Waals surface area contributed by atoms with Crippen molar-refractivity contribution in [2.75, 3.05) is 6.61 Å². The number of nitrogens with one attached hydrogen (secondary N) is 1. The van der Waals surface area contributed by atoms with Gasteiger partial charge in [-0.2, -0.15) is 0 Å². The molecule has 0 spiro atoms. The average molecular weight is 297 g/mol. The van der Waals surface area contributed by atoms with Gasteiger partial charge in [0, 0.05) is 5.56 Å². The molecule has 0 bridgehead atoms. The molecule has 0 saturated heterocycles. The summed E-state index contributed by atoms with van der Waals surface area (Å²) in [5, 5.41) is 12.4. The van der Waals surface area contributed by atoms with E-state index in [0.29, 0.717) is 18.8 Å². The molecule has 2 atom stereocenters. The molecule has 3 nitrogen and oxygen atoms in total. The van der Waals surface area contributed by atoms with Crippen LogP contribution in [0.5, 0.6) is 0 Å². The van der Waals surface area contributed by atoms with Crippen LogP contribution in [0.1, 0.15) is 38.2 Å². The van der Waals surface area contributed by atoms with E-state index in [1.54, 1.807) is 0 Å². The third-order valence-electron chi connectivity index (χ3n) is 4.20. The molecule has 2 unspecified atom stereocenters. The van der Waals surface area contributed by atoms with E-state index < -0.39 is 23.1 Å². The summed E-state index contributed by atoms with van der Waals surface area (Å²) in [5.74, 6) is -1.49. The number of halogens is 2. The molecular formula is C16H21F2NO2. The van der Waals surface area contributed by atoms with Crippen molar-refractivity contribution in [1.29, 1.82) is 0 Å². The Bertz CT molecular complexity index is 501. The van der Waals surface area contributed by atoms with Crippen molar-refractivity contribution >= 4 is 5.91 Å². The van der Waals surface area contributed by atoms with Crippen molar-refractivity contribution in [3.63, 3.8) is 0 Å². The second-order valence-electron chi connectivity index (χ2n) is 6.07. The van der Waals surface area contributed by atoms with Crippen molar-refractivity contribution in [2.24, 2.45) is 5.92 Å². The molecule has 2 rings (SSSR count). The summed E-state index contributed by atoms with van der Waals surface area (Å²) in [4.78, 5) is 12.1. The van der Waals surface area contributed by atoms with Gasteiger partial charge in [-0.25, -0.2) is 8.78 Å². The zero-order valence-electron chi connectivity index (χ0n) is 12.2. The molecule has 1 aromatic carbocycles. The number of rotatable bonds is 4. The van der Waals surface area contributed by atoms with E-state index in [0.717, 1.165) is 25.0 Å². The molecular weight excluding hydrogens is 276 g/mol. The molecule has 0 heterocycles. The quantitative estimate of drug-likeness (QED) is 0.897. The van der Waals surface area contributed by atoms with E-state index in [2.05, 4.69) is 12.2 Å². The van der Waals surface area contributed by atoms with E-state index in [1.807, 2.05) is 0 Å². The molecule has 0 aliphatic heterocycles. The highest BCUT2D eigenvalue weighted by Crippen LogP contribution is 2.32. The fraction of sp³-hybridized carbons (Fsp3) is 0.562. The SMILES string of the molecule is CC1CCCC(CO)(NC(=O)Cc2c(F)cccc2F)C1. The highest BCUT2D eigenvalue weighted by Gasteiger charge is 2.35. The summed E-state index contributed by atoms with van der Waals surface area (Å²) in [6.07, 6.45) is 3.03. The predicted molar refractivity (Wildman–Crippen MR) is 75.7 cm³/mol. The number of hydrogen-bond donors (Lipinski definition) is 2. The third-order valence-corrected chi connectivity index (χ3v) is 4.20. The molecule has 1 amide bonds. The molecule has 0 aromatic heterocycles. The van der Waals surface area contributed by atoms with E-state index in [9.17, 15) is 18.7 Å². The fourth-order valence-electron chi connectivity index (χ4n) is 3.16. The van der Waals surface area contributed by atoms with Crippen molar-refractivity contribution in [2.45, 2.75) is 44.6 Å². The number of carbonyl (C=O) groups excluding carboxylic acids is 1. The first-order valence-corrected chi connectivity index (χ1v) is 7.30. The van der Waals surface area contributed by atoms with Gasteiger partial charge in [-0.1, -0.05) is 25.8 Å². The number of aliphatic hydroxyl groups is 1. The standard InChI is InChI=1S/C16H21F2NO2/c1-11-4-3-7-16(9-11,10-20)19-15(21)8-12-13(17)5-2-6-14(12)18/h2,5-6,11,20H,3-4,7-10H2,1H3,(H,19,21). The van der Waals surface area contributed by atoms with Gasteiger partial charge in [0.25, 0.3) is 0 Å². The lowest BCUT2D eigenvalue weighted by Gasteiger charge is -2.39. The third kappa shape index (κ3) is 3.79. The maximum absolute atomic E-state index is 13.6. The Morgan fingerprint density at radius 2 is 2.10 bits per heavy atom. The Kier molecular flexibility index (Phi) is 4.93. The zero-order valence-corrected chi connectivity index (χ0v) is 12.2. The number of benzene rings is 1. The van der Waals surface area contributed by atoms with Crippen LogP contribution in [0, 0.1) is 17.6 Å². The summed E-state index contributed by atoms with van der Waals surface area (Å²) in [5.41, 5.74) is -0.886. The molecule has 116 valence electrons. The summed E-state index contributed by atoms with van der Waals surface area (Å²) >= 11 is 0. The molecule has 1 saturated carbocycles. The smallest absolute Gasteiger partial charge is 0.225 e. The summed E-state index contributed by atoms with van der Waals surface area (Å²) in [6, 6.07) is 3.54. The normalized spacial score (nSPS) is 25.6. The van der Waals surface area contributed by atoms with E-state index in [4.69, 9.17) is 0 Å². The Hall–Kier alpha value is -1.49. The first-order chi connectivity index (χ1) is 9.96. The molecule has 5 heteroatoms. The monoisotopic (exact) mass is 297 g/mol. The molecule has 1 aromatic rings. The summed E-state index contributed by atoms with van der Waals surface area (Å²) in [7, 11) is 0. The zero-order chi connectivity index (χ0) is 15.5. The minimum absolute atomic E-state index is 0.150. The minimum Gasteiger partial charge on any atom is -0.394 e. The second kappa shape index (κ2) is 6.52. The maximum atomic E-state index is 13.6. The van der Waals surface area contributed by atoms with Crippen LogP contribution in [0.4, 0.5) is 8.78 Å². The van der Waals surface area contributed by atoms with Gasteiger partial charge < -0.3 is 10.4 Å². The maximum Gasteiger partial charge on any atom is 0.225 e. The van der Waals surface area contributed by atoms with Gasteiger partial charge in [-0.3, -0.25) is 4.79 Å². The number of aliphatic hydroxyl groups excluding tert-OH is 1. The van der Waals surface area contributed by atoms with E-state index >= 15 is 0 Å². The Balaban J connectivity index is 2.07. The second-order valence-corrected chi connectivity index (χ2v) is 6.07. The van der Waals surface area contributed by atoms with Crippen LogP contribution < -0.4 is 5.32 Å². The van der Waals surface area contributed by atoms with Crippen molar-refractivity contribution in [3.8, 4) is 0 Å². The van der Waals surface area contributed by atoms with Crippen molar-refractivity contribution in [1.82, 2.24) is 5.32 Å². The molecule has 21 heavy (non-hydrogen) atoms. The number of hydrogen-bond acceptors (Lipinski definition) is 2.